The number of hydrogen-bond acceptors (Lipinski definition) is 5. The normalized spacial score (nSPS) is 11.4. The van der Waals surface area contributed by atoms with Gasteiger partial charge in [-0.05, 0) is 54.7 Å². The van der Waals surface area contributed by atoms with Gasteiger partial charge in [0.25, 0.3) is 0 Å². The maximum atomic E-state index is 12.4. The first-order valence-electron chi connectivity index (χ1n) is 10.5. The van der Waals surface area contributed by atoms with Gasteiger partial charge in [0.05, 0.1) is 5.75 Å². The fourth-order valence-electron chi connectivity index (χ4n) is 3.11. The molecular formula is C24H29ClN4O2S. The minimum atomic E-state index is -0.122. The summed E-state index contributed by atoms with van der Waals surface area (Å²) in [6.07, 6.45) is 0. The SMILES string of the molecule is CCn1c(COc2ccc(C(C)(C)C)cc2)nnc1SCC(=O)Nc1cccc(Cl)c1C. The van der Waals surface area contributed by atoms with Crippen LogP contribution < -0.4 is 10.1 Å². The zero-order valence-electron chi connectivity index (χ0n) is 19.1. The van der Waals surface area contributed by atoms with Crippen LogP contribution in [0, 0.1) is 6.92 Å². The summed E-state index contributed by atoms with van der Waals surface area (Å²) in [5.74, 6) is 1.61. The molecule has 0 spiro atoms. The summed E-state index contributed by atoms with van der Waals surface area (Å²) in [6.45, 7) is 11.4. The summed E-state index contributed by atoms with van der Waals surface area (Å²) in [5, 5.41) is 12.7. The largest absolute Gasteiger partial charge is 0.486 e. The first-order chi connectivity index (χ1) is 15.2. The predicted octanol–water partition coefficient (Wildman–Crippen LogP) is 5.87. The average Bonchev–Trinajstić information content (AvgIpc) is 3.15. The van der Waals surface area contributed by atoms with E-state index in [1.165, 1.54) is 17.3 Å². The van der Waals surface area contributed by atoms with E-state index in [4.69, 9.17) is 16.3 Å². The summed E-state index contributed by atoms with van der Waals surface area (Å²) in [6, 6.07) is 13.6. The van der Waals surface area contributed by atoms with E-state index in [0.29, 0.717) is 29.0 Å². The minimum absolute atomic E-state index is 0.102. The van der Waals surface area contributed by atoms with Crippen molar-refractivity contribution in [3.63, 3.8) is 0 Å². The van der Waals surface area contributed by atoms with Crippen molar-refractivity contribution in [2.75, 3.05) is 11.1 Å². The summed E-state index contributed by atoms with van der Waals surface area (Å²) in [5.41, 5.74) is 2.92. The van der Waals surface area contributed by atoms with Crippen LogP contribution in [0.15, 0.2) is 47.6 Å². The number of nitrogens with one attached hydrogen (secondary N) is 1. The van der Waals surface area contributed by atoms with Gasteiger partial charge < -0.3 is 14.6 Å². The molecule has 32 heavy (non-hydrogen) atoms. The number of benzene rings is 2. The molecule has 0 fully saturated rings. The second-order valence-electron chi connectivity index (χ2n) is 8.46. The van der Waals surface area contributed by atoms with Crippen molar-refractivity contribution in [2.24, 2.45) is 0 Å². The summed E-state index contributed by atoms with van der Waals surface area (Å²) >= 11 is 7.47. The Labute approximate surface area is 198 Å². The van der Waals surface area contributed by atoms with E-state index in [2.05, 4.69) is 48.4 Å². The summed E-state index contributed by atoms with van der Waals surface area (Å²) < 4.78 is 7.88. The summed E-state index contributed by atoms with van der Waals surface area (Å²) in [4.78, 5) is 12.4. The van der Waals surface area contributed by atoms with Crippen molar-refractivity contribution in [3.8, 4) is 5.75 Å². The monoisotopic (exact) mass is 472 g/mol. The van der Waals surface area contributed by atoms with Crippen LogP contribution in [0.2, 0.25) is 5.02 Å². The van der Waals surface area contributed by atoms with E-state index >= 15 is 0 Å². The molecule has 0 atom stereocenters. The van der Waals surface area contributed by atoms with E-state index in [1.54, 1.807) is 6.07 Å². The maximum absolute atomic E-state index is 12.4. The highest BCUT2D eigenvalue weighted by molar-refractivity contribution is 7.99. The number of amides is 1. The maximum Gasteiger partial charge on any atom is 0.234 e. The number of hydrogen-bond donors (Lipinski definition) is 1. The van der Waals surface area contributed by atoms with E-state index in [9.17, 15) is 4.79 Å². The molecule has 0 aliphatic rings. The molecule has 1 aromatic heterocycles. The Morgan fingerprint density at radius 2 is 1.88 bits per heavy atom. The number of carbonyl (C=O) groups is 1. The van der Waals surface area contributed by atoms with Gasteiger partial charge in [0, 0.05) is 17.3 Å². The Hall–Kier alpha value is -2.51. The molecular weight excluding hydrogens is 444 g/mol. The molecule has 0 aliphatic carbocycles. The molecule has 0 unspecified atom stereocenters. The number of nitrogens with zero attached hydrogens (tertiary/aromatic N) is 3. The highest BCUT2D eigenvalue weighted by atomic mass is 35.5. The van der Waals surface area contributed by atoms with Gasteiger partial charge in [0.2, 0.25) is 5.91 Å². The van der Waals surface area contributed by atoms with Crippen molar-refractivity contribution in [1.29, 1.82) is 0 Å². The molecule has 2 aromatic carbocycles. The van der Waals surface area contributed by atoms with Crippen LogP contribution in [-0.2, 0) is 23.4 Å². The third-order valence-electron chi connectivity index (χ3n) is 5.07. The molecule has 8 heteroatoms. The van der Waals surface area contributed by atoms with Gasteiger partial charge in [-0.3, -0.25) is 4.79 Å². The number of rotatable bonds is 8. The van der Waals surface area contributed by atoms with E-state index in [0.717, 1.165) is 17.1 Å². The first-order valence-corrected chi connectivity index (χ1v) is 11.9. The van der Waals surface area contributed by atoms with Crippen LogP contribution in [-0.4, -0.2) is 26.4 Å². The van der Waals surface area contributed by atoms with Crippen LogP contribution in [0.3, 0.4) is 0 Å². The number of carbonyl (C=O) groups excluding carboxylic acids is 1. The molecule has 0 aliphatic heterocycles. The van der Waals surface area contributed by atoms with Gasteiger partial charge in [0.15, 0.2) is 11.0 Å². The van der Waals surface area contributed by atoms with Crippen LogP contribution in [0.1, 0.15) is 44.6 Å². The number of ether oxygens (including phenoxy) is 1. The van der Waals surface area contributed by atoms with Gasteiger partial charge in [-0.25, -0.2) is 0 Å². The lowest BCUT2D eigenvalue weighted by Gasteiger charge is -2.19. The molecule has 0 radical (unpaired) electrons. The Kier molecular flexibility index (Phi) is 7.85. The first kappa shape index (κ1) is 24.1. The smallest absolute Gasteiger partial charge is 0.234 e. The van der Waals surface area contributed by atoms with Crippen molar-refractivity contribution >= 4 is 35.0 Å². The fraction of sp³-hybridized carbons (Fsp3) is 0.375. The zero-order valence-corrected chi connectivity index (χ0v) is 20.7. The van der Waals surface area contributed by atoms with Crippen LogP contribution in [0.25, 0.3) is 0 Å². The van der Waals surface area contributed by atoms with Gasteiger partial charge >= 0.3 is 0 Å². The van der Waals surface area contributed by atoms with Crippen molar-refractivity contribution in [3.05, 3.63) is 64.4 Å². The molecule has 170 valence electrons. The number of thioether (sulfide) groups is 1. The fourth-order valence-corrected chi connectivity index (χ4v) is 4.10. The molecule has 1 heterocycles. The quantitative estimate of drug-likeness (QED) is 0.415. The highest BCUT2D eigenvalue weighted by Gasteiger charge is 2.16. The zero-order chi connectivity index (χ0) is 23.3. The van der Waals surface area contributed by atoms with Gasteiger partial charge in [-0.2, -0.15) is 0 Å². The van der Waals surface area contributed by atoms with Crippen molar-refractivity contribution in [2.45, 2.75) is 58.3 Å². The predicted molar refractivity (Wildman–Crippen MR) is 131 cm³/mol. The highest BCUT2D eigenvalue weighted by Crippen LogP contribution is 2.26. The standard InChI is InChI=1S/C24H29ClN4O2S/c1-6-29-21(14-31-18-12-10-17(11-13-18)24(3,4)5)27-28-23(29)32-15-22(30)26-20-9-7-8-19(25)16(20)2/h7-13H,6,14-15H2,1-5H3,(H,26,30). The van der Waals surface area contributed by atoms with Crippen molar-refractivity contribution < 1.29 is 9.53 Å². The number of anilines is 1. The lowest BCUT2D eigenvalue weighted by Crippen LogP contribution is -2.15. The van der Waals surface area contributed by atoms with Crippen LogP contribution >= 0.6 is 23.4 Å². The molecule has 1 amide bonds. The Morgan fingerprint density at radius 3 is 2.53 bits per heavy atom. The molecule has 0 bridgehead atoms. The Balaban J connectivity index is 1.58. The number of aromatic nitrogens is 3. The summed E-state index contributed by atoms with van der Waals surface area (Å²) in [7, 11) is 0. The van der Waals surface area contributed by atoms with E-state index in [1.807, 2.05) is 42.7 Å². The minimum Gasteiger partial charge on any atom is -0.486 e. The third kappa shape index (κ3) is 6.04. The molecule has 0 saturated heterocycles. The Morgan fingerprint density at radius 1 is 1.16 bits per heavy atom. The second kappa shape index (κ2) is 10.4. The topological polar surface area (TPSA) is 69.0 Å². The van der Waals surface area contributed by atoms with Crippen LogP contribution in [0.5, 0.6) is 5.75 Å². The third-order valence-corrected chi connectivity index (χ3v) is 6.45. The lowest BCUT2D eigenvalue weighted by molar-refractivity contribution is -0.113. The molecule has 6 nitrogen and oxygen atoms in total. The lowest BCUT2D eigenvalue weighted by atomic mass is 9.87. The average molecular weight is 473 g/mol. The molecule has 3 rings (SSSR count). The Bertz CT molecular complexity index is 1070. The van der Waals surface area contributed by atoms with E-state index < -0.39 is 0 Å². The molecule has 1 N–H and O–H groups in total. The van der Waals surface area contributed by atoms with Gasteiger partial charge in [0.1, 0.15) is 12.4 Å². The molecule has 3 aromatic rings. The van der Waals surface area contributed by atoms with Crippen LogP contribution in [0.4, 0.5) is 5.69 Å². The van der Waals surface area contributed by atoms with Gasteiger partial charge in [-0.15, -0.1) is 10.2 Å². The molecule has 0 saturated carbocycles. The number of halogens is 1. The van der Waals surface area contributed by atoms with Gasteiger partial charge in [-0.1, -0.05) is 62.3 Å². The second-order valence-corrected chi connectivity index (χ2v) is 9.81. The van der Waals surface area contributed by atoms with Crippen molar-refractivity contribution in [1.82, 2.24) is 14.8 Å². The van der Waals surface area contributed by atoms with E-state index in [-0.39, 0.29) is 17.1 Å².